The van der Waals surface area contributed by atoms with Gasteiger partial charge in [-0.05, 0) is 37.3 Å². The molecule has 1 aromatic rings. The molecule has 0 unspecified atom stereocenters. The van der Waals surface area contributed by atoms with Gasteiger partial charge in [0, 0.05) is 17.5 Å². The van der Waals surface area contributed by atoms with Crippen molar-refractivity contribution < 1.29 is 19.4 Å². The molecule has 1 aliphatic carbocycles. The Bertz CT molecular complexity index is 650. The summed E-state index contributed by atoms with van der Waals surface area (Å²) in [7, 11) is 0. The second-order valence-corrected chi connectivity index (χ2v) is 7.43. The molecule has 1 heterocycles. The number of carbonyl (C=O) groups is 2. The second-order valence-electron chi connectivity index (χ2n) is 7.02. The largest absolute Gasteiger partial charge is 0.394 e. The van der Waals surface area contributed by atoms with Gasteiger partial charge in [0.05, 0.1) is 25.2 Å². The first-order chi connectivity index (χ1) is 12.6. The number of hydrogen-bond donors (Lipinski definition) is 3. The summed E-state index contributed by atoms with van der Waals surface area (Å²) in [6, 6.07) is 7.19. The van der Waals surface area contributed by atoms with Gasteiger partial charge in [-0.2, -0.15) is 0 Å². The molecule has 1 aromatic carbocycles. The van der Waals surface area contributed by atoms with Crippen molar-refractivity contribution in [2.45, 2.75) is 56.9 Å². The molecule has 1 aliphatic heterocycles. The number of ether oxygens (including phenoxy) is 1. The van der Waals surface area contributed by atoms with Crippen molar-refractivity contribution in [1.29, 1.82) is 0 Å². The predicted molar refractivity (Wildman–Crippen MR) is 97.6 cm³/mol. The molecule has 3 N–H and O–H groups in total. The van der Waals surface area contributed by atoms with E-state index in [2.05, 4.69) is 10.6 Å². The van der Waals surface area contributed by atoms with E-state index in [9.17, 15) is 14.7 Å². The number of nitrogens with one attached hydrogen (secondary N) is 2. The fourth-order valence-electron chi connectivity index (χ4n) is 3.21. The molecule has 0 aromatic heterocycles. The van der Waals surface area contributed by atoms with Crippen molar-refractivity contribution in [2.24, 2.45) is 5.92 Å². The third kappa shape index (κ3) is 5.19. The first-order valence-electron chi connectivity index (χ1n) is 9.13. The molecule has 6 nitrogen and oxygen atoms in total. The summed E-state index contributed by atoms with van der Waals surface area (Å²) in [4.78, 5) is 24.1. The molecule has 142 valence electrons. The molecule has 3 rings (SSSR count). The first-order valence-corrected chi connectivity index (χ1v) is 9.51. The van der Waals surface area contributed by atoms with E-state index in [-0.39, 0.29) is 42.9 Å². The van der Waals surface area contributed by atoms with Gasteiger partial charge < -0.3 is 20.5 Å². The highest BCUT2D eigenvalue weighted by molar-refractivity contribution is 6.31. The molecule has 1 saturated heterocycles. The number of aliphatic hydroxyl groups excluding tert-OH is 1. The fraction of sp³-hybridized carbons (Fsp3) is 0.579. The van der Waals surface area contributed by atoms with E-state index < -0.39 is 6.10 Å². The molecule has 0 spiro atoms. The van der Waals surface area contributed by atoms with E-state index in [4.69, 9.17) is 16.3 Å². The van der Waals surface area contributed by atoms with Crippen molar-refractivity contribution in [1.82, 2.24) is 10.6 Å². The van der Waals surface area contributed by atoms with Crippen molar-refractivity contribution in [3.05, 3.63) is 34.9 Å². The van der Waals surface area contributed by atoms with Crippen LogP contribution in [0.5, 0.6) is 0 Å². The fourth-order valence-corrected chi connectivity index (χ4v) is 3.41. The Labute approximate surface area is 158 Å². The molecule has 7 heteroatoms. The van der Waals surface area contributed by atoms with Crippen LogP contribution in [-0.4, -0.2) is 41.8 Å². The number of hydrogen-bond acceptors (Lipinski definition) is 4. The minimum atomic E-state index is -0.465. The lowest BCUT2D eigenvalue weighted by atomic mass is 9.96. The third-order valence-corrected chi connectivity index (χ3v) is 5.29. The highest BCUT2D eigenvalue weighted by Gasteiger charge is 2.36. The Balaban J connectivity index is 1.44. The normalized spacial score (nSPS) is 25.5. The highest BCUT2D eigenvalue weighted by atomic mass is 35.5. The molecular formula is C19H25ClN2O4. The van der Waals surface area contributed by atoms with Crippen molar-refractivity contribution in [3.8, 4) is 0 Å². The van der Waals surface area contributed by atoms with E-state index in [1.54, 1.807) is 6.07 Å². The van der Waals surface area contributed by atoms with Crippen LogP contribution in [0.2, 0.25) is 5.02 Å². The summed E-state index contributed by atoms with van der Waals surface area (Å²) in [5, 5.41) is 16.0. The van der Waals surface area contributed by atoms with Crippen LogP contribution in [0.15, 0.2) is 24.3 Å². The second kappa shape index (κ2) is 8.84. The van der Waals surface area contributed by atoms with Gasteiger partial charge in [0.25, 0.3) is 0 Å². The van der Waals surface area contributed by atoms with Gasteiger partial charge in [0.15, 0.2) is 0 Å². The Morgan fingerprint density at radius 2 is 1.96 bits per heavy atom. The smallest absolute Gasteiger partial charge is 0.223 e. The summed E-state index contributed by atoms with van der Waals surface area (Å²) in [5.41, 5.74) is 0.864. The van der Waals surface area contributed by atoms with E-state index in [1.807, 2.05) is 18.2 Å². The lowest BCUT2D eigenvalue weighted by molar-refractivity contribution is -0.136. The summed E-state index contributed by atoms with van der Waals surface area (Å²) in [6.07, 6.45) is 2.76. The molecule has 1 saturated carbocycles. The zero-order valence-electron chi connectivity index (χ0n) is 14.6. The van der Waals surface area contributed by atoms with Crippen molar-refractivity contribution in [3.63, 3.8) is 0 Å². The number of rotatable bonds is 7. The summed E-state index contributed by atoms with van der Waals surface area (Å²) in [6.45, 7) is 0.197. The first kappa shape index (κ1) is 19.1. The van der Waals surface area contributed by atoms with Gasteiger partial charge in [-0.3, -0.25) is 9.59 Å². The van der Waals surface area contributed by atoms with Crippen LogP contribution in [0.4, 0.5) is 0 Å². The average molecular weight is 381 g/mol. The molecule has 2 aliphatic rings. The van der Waals surface area contributed by atoms with Gasteiger partial charge in [-0.15, -0.1) is 0 Å². The van der Waals surface area contributed by atoms with Crippen molar-refractivity contribution >= 4 is 23.4 Å². The van der Waals surface area contributed by atoms with E-state index in [1.165, 1.54) is 0 Å². The van der Waals surface area contributed by atoms with Crippen LogP contribution in [0.25, 0.3) is 0 Å². The monoisotopic (exact) mass is 380 g/mol. The van der Waals surface area contributed by atoms with Crippen LogP contribution in [0.3, 0.4) is 0 Å². The van der Waals surface area contributed by atoms with E-state index >= 15 is 0 Å². The van der Waals surface area contributed by atoms with Gasteiger partial charge in [0.1, 0.15) is 6.10 Å². The maximum absolute atomic E-state index is 12.2. The zero-order chi connectivity index (χ0) is 18.5. The van der Waals surface area contributed by atoms with E-state index in [0.717, 1.165) is 18.4 Å². The van der Waals surface area contributed by atoms with Crippen LogP contribution < -0.4 is 10.6 Å². The minimum absolute atomic E-state index is 0.0491. The van der Waals surface area contributed by atoms with Crippen molar-refractivity contribution in [2.75, 3.05) is 6.61 Å². The lowest BCUT2D eigenvalue weighted by Crippen LogP contribution is -2.51. The highest BCUT2D eigenvalue weighted by Crippen LogP contribution is 2.30. The Hall–Kier alpha value is -1.63. The Kier molecular flexibility index (Phi) is 6.51. The Morgan fingerprint density at radius 3 is 2.65 bits per heavy atom. The predicted octanol–water partition coefficient (Wildman–Crippen LogP) is 1.78. The summed E-state index contributed by atoms with van der Waals surface area (Å²) >= 11 is 6.08. The molecular weight excluding hydrogens is 356 g/mol. The maximum Gasteiger partial charge on any atom is 0.223 e. The lowest BCUT2D eigenvalue weighted by Gasteiger charge is -2.36. The maximum atomic E-state index is 12.2. The van der Waals surface area contributed by atoms with Crippen LogP contribution >= 0.6 is 11.6 Å². The average Bonchev–Trinajstić information content (AvgIpc) is 3.47. The van der Waals surface area contributed by atoms with Gasteiger partial charge in [-0.1, -0.05) is 29.8 Å². The number of amides is 2. The molecule has 2 fully saturated rings. The SMILES string of the molecule is O=C(C[C@H]1CC[C@@H](NC(=O)C2CC2)[C@@H](CO)O1)NCc1ccccc1Cl. The number of halogens is 1. The van der Waals surface area contributed by atoms with Gasteiger partial charge in [0.2, 0.25) is 11.8 Å². The van der Waals surface area contributed by atoms with Crippen LogP contribution in [-0.2, 0) is 20.9 Å². The minimum Gasteiger partial charge on any atom is -0.394 e. The van der Waals surface area contributed by atoms with Gasteiger partial charge in [-0.25, -0.2) is 0 Å². The van der Waals surface area contributed by atoms with Crippen LogP contribution in [0, 0.1) is 5.92 Å². The van der Waals surface area contributed by atoms with Gasteiger partial charge >= 0.3 is 0 Å². The summed E-state index contributed by atoms with van der Waals surface area (Å²) in [5.74, 6) is 0.0581. The topological polar surface area (TPSA) is 87.7 Å². The molecule has 3 atom stereocenters. The standard InChI is InChI=1S/C19H25ClN2O4/c20-15-4-2-1-3-13(15)10-21-18(24)9-14-7-8-16(17(11-23)26-14)22-19(25)12-5-6-12/h1-4,12,14,16-17,23H,5-11H2,(H,21,24)(H,22,25)/t14-,16-,17-/m1/s1. The number of aliphatic hydroxyl groups is 1. The third-order valence-electron chi connectivity index (χ3n) is 4.92. The molecule has 0 bridgehead atoms. The van der Waals surface area contributed by atoms with Crippen LogP contribution in [0.1, 0.15) is 37.7 Å². The molecule has 26 heavy (non-hydrogen) atoms. The summed E-state index contributed by atoms with van der Waals surface area (Å²) < 4.78 is 5.84. The number of carbonyl (C=O) groups excluding carboxylic acids is 2. The Morgan fingerprint density at radius 1 is 1.19 bits per heavy atom. The molecule has 0 radical (unpaired) electrons. The van der Waals surface area contributed by atoms with E-state index in [0.29, 0.717) is 24.4 Å². The zero-order valence-corrected chi connectivity index (χ0v) is 15.4. The molecule has 2 amide bonds. The number of benzene rings is 1. The quantitative estimate of drug-likeness (QED) is 0.673.